The van der Waals surface area contributed by atoms with Gasteiger partial charge in [-0.05, 0) is 64.0 Å². The molecule has 33 heavy (non-hydrogen) atoms. The highest BCUT2D eigenvalue weighted by atomic mass is 16.6. The third kappa shape index (κ3) is 5.25. The van der Waals surface area contributed by atoms with Crippen molar-refractivity contribution in [3.63, 3.8) is 0 Å². The van der Waals surface area contributed by atoms with Crippen LogP contribution in [0.15, 0.2) is 29.5 Å². The number of hydrogen-bond donors (Lipinski definition) is 0. The number of rotatable bonds is 3. The minimum Gasteiger partial charge on any atom is -0.442 e. The molecule has 1 aromatic rings. The molecule has 0 bridgehead atoms. The van der Waals surface area contributed by atoms with Gasteiger partial charge in [0.25, 0.3) is 0 Å². The molecule has 0 saturated carbocycles. The monoisotopic (exact) mass is 454 g/mol. The Morgan fingerprint density at radius 2 is 1.97 bits per heavy atom. The zero-order valence-corrected chi connectivity index (χ0v) is 19.9. The molecule has 0 aromatic carbocycles. The molecule has 3 aliphatic heterocycles. The standard InChI is InChI=1S/C25H34N4O4/c1-16-10-18(13-27-24(32)33-25(2,3)4)22(30)29-20(11-16)7-8-21(29)23(31)28-14-19(15-28)17-6-5-9-26-12-17/h5-6,9,12-13,16,18-21H,7-8,10-11,14-15H2,1-4H3/b27-13+/t16-,18?,20-,21+/m1/s1. The summed E-state index contributed by atoms with van der Waals surface area (Å²) >= 11 is 0. The highest BCUT2D eigenvalue weighted by Crippen LogP contribution is 2.37. The Morgan fingerprint density at radius 3 is 2.64 bits per heavy atom. The number of fused-ring (bicyclic) bond motifs is 1. The van der Waals surface area contributed by atoms with Gasteiger partial charge in [-0.15, -0.1) is 0 Å². The molecule has 8 nitrogen and oxygen atoms in total. The summed E-state index contributed by atoms with van der Waals surface area (Å²) in [6.45, 7) is 8.77. The lowest BCUT2D eigenvalue weighted by Crippen LogP contribution is -2.57. The molecular formula is C25H34N4O4. The first-order valence-electron chi connectivity index (χ1n) is 11.9. The highest BCUT2D eigenvalue weighted by Gasteiger charge is 2.48. The Balaban J connectivity index is 1.44. The summed E-state index contributed by atoms with van der Waals surface area (Å²) in [5.41, 5.74) is 0.501. The summed E-state index contributed by atoms with van der Waals surface area (Å²) in [6, 6.07) is 3.59. The van der Waals surface area contributed by atoms with Gasteiger partial charge >= 0.3 is 6.09 Å². The van der Waals surface area contributed by atoms with Crippen molar-refractivity contribution in [2.45, 2.75) is 77.0 Å². The number of aromatic nitrogens is 1. The van der Waals surface area contributed by atoms with Gasteiger partial charge in [-0.25, -0.2) is 4.79 Å². The van der Waals surface area contributed by atoms with Crippen LogP contribution in [-0.2, 0) is 14.3 Å². The Morgan fingerprint density at radius 1 is 1.21 bits per heavy atom. The SMILES string of the molecule is C[C@@H]1CC(/C=N/C(=O)OC(C)(C)C)C(=O)N2[C@H](CC[C@H]2C(=O)N2CC(c3cccnc3)C2)C1. The summed E-state index contributed by atoms with van der Waals surface area (Å²) in [4.78, 5) is 50.6. The van der Waals surface area contributed by atoms with Crippen LogP contribution >= 0.6 is 0 Å². The molecular weight excluding hydrogens is 420 g/mol. The Bertz CT molecular complexity index is 920. The zero-order valence-electron chi connectivity index (χ0n) is 19.9. The van der Waals surface area contributed by atoms with E-state index in [2.05, 4.69) is 16.9 Å². The molecule has 3 aliphatic rings. The van der Waals surface area contributed by atoms with Gasteiger partial charge < -0.3 is 14.5 Å². The van der Waals surface area contributed by atoms with Gasteiger partial charge in [-0.1, -0.05) is 13.0 Å². The number of likely N-dealkylation sites (tertiary alicyclic amines) is 1. The van der Waals surface area contributed by atoms with Crippen molar-refractivity contribution >= 4 is 24.1 Å². The van der Waals surface area contributed by atoms with Gasteiger partial charge in [-0.2, -0.15) is 4.99 Å². The lowest BCUT2D eigenvalue weighted by atomic mass is 9.91. The maximum atomic E-state index is 13.5. The molecule has 1 unspecified atom stereocenters. The van der Waals surface area contributed by atoms with Gasteiger partial charge in [-0.3, -0.25) is 14.6 Å². The van der Waals surface area contributed by atoms with Crippen molar-refractivity contribution in [2.75, 3.05) is 13.1 Å². The number of ether oxygens (including phenoxy) is 1. The number of carbonyl (C=O) groups is 3. The van der Waals surface area contributed by atoms with Gasteiger partial charge in [0.1, 0.15) is 11.6 Å². The molecule has 0 N–H and O–H groups in total. The average Bonchev–Trinajstić information content (AvgIpc) is 3.07. The molecule has 3 amide bonds. The molecule has 3 fully saturated rings. The van der Waals surface area contributed by atoms with Crippen LogP contribution < -0.4 is 0 Å². The molecule has 0 aliphatic carbocycles. The summed E-state index contributed by atoms with van der Waals surface area (Å²) < 4.78 is 5.24. The smallest absolute Gasteiger partial charge is 0.433 e. The zero-order chi connectivity index (χ0) is 23.8. The van der Waals surface area contributed by atoms with Crippen molar-refractivity contribution in [1.82, 2.24) is 14.8 Å². The van der Waals surface area contributed by atoms with Crippen molar-refractivity contribution in [3.8, 4) is 0 Å². The average molecular weight is 455 g/mol. The van der Waals surface area contributed by atoms with Gasteiger partial charge in [0, 0.05) is 43.7 Å². The Labute approximate surface area is 195 Å². The normalized spacial score (nSPS) is 28.4. The second kappa shape index (κ2) is 9.23. The van der Waals surface area contributed by atoms with Crippen LogP contribution in [0, 0.1) is 11.8 Å². The predicted octanol–water partition coefficient (Wildman–Crippen LogP) is 3.42. The molecule has 0 spiro atoms. The minimum absolute atomic E-state index is 0.0309. The molecule has 4 heterocycles. The molecule has 178 valence electrons. The fourth-order valence-electron chi connectivity index (χ4n) is 5.24. The topological polar surface area (TPSA) is 92.2 Å². The molecule has 1 aromatic heterocycles. The minimum atomic E-state index is -0.695. The molecule has 4 rings (SSSR count). The van der Waals surface area contributed by atoms with E-state index in [1.165, 1.54) is 6.21 Å². The molecule has 8 heteroatoms. The van der Waals surface area contributed by atoms with E-state index in [1.54, 1.807) is 31.9 Å². The van der Waals surface area contributed by atoms with Crippen molar-refractivity contribution < 1.29 is 19.1 Å². The first-order valence-corrected chi connectivity index (χ1v) is 11.9. The number of hydrogen-bond acceptors (Lipinski definition) is 5. The van der Waals surface area contributed by atoms with Crippen LogP contribution in [0.25, 0.3) is 0 Å². The van der Waals surface area contributed by atoms with E-state index in [1.807, 2.05) is 23.2 Å². The summed E-state index contributed by atoms with van der Waals surface area (Å²) in [5, 5.41) is 0. The predicted molar refractivity (Wildman–Crippen MR) is 124 cm³/mol. The van der Waals surface area contributed by atoms with E-state index >= 15 is 0 Å². The Kier molecular flexibility index (Phi) is 6.54. The lowest BCUT2D eigenvalue weighted by molar-refractivity contribution is -0.148. The summed E-state index contributed by atoms with van der Waals surface area (Å²) in [5.74, 6) is 0.00550. The van der Waals surface area contributed by atoms with E-state index in [0.717, 1.165) is 18.4 Å². The first-order chi connectivity index (χ1) is 15.6. The van der Waals surface area contributed by atoms with Crippen LogP contribution in [0.5, 0.6) is 0 Å². The summed E-state index contributed by atoms with van der Waals surface area (Å²) in [7, 11) is 0. The number of pyridine rings is 1. The lowest BCUT2D eigenvalue weighted by Gasteiger charge is -2.42. The number of aliphatic imine (C=N–C) groups is 1. The second-order valence-electron chi connectivity index (χ2n) is 10.7. The number of amides is 3. The van der Waals surface area contributed by atoms with Crippen molar-refractivity contribution in [1.29, 1.82) is 0 Å². The number of nitrogens with zero attached hydrogens (tertiary/aromatic N) is 4. The van der Waals surface area contributed by atoms with Gasteiger partial charge in [0.05, 0.1) is 5.92 Å². The van der Waals surface area contributed by atoms with Gasteiger partial charge in [0.15, 0.2) is 0 Å². The number of carbonyl (C=O) groups excluding carboxylic acids is 3. The maximum Gasteiger partial charge on any atom is 0.433 e. The van der Waals surface area contributed by atoms with E-state index in [4.69, 9.17) is 4.74 Å². The van der Waals surface area contributed by atoms with Crippen LogP contribution in [-0.4, -0.2) is 69.7 Å². The molecule has 4 atom stereocenters. The first kappa shape index (κ1) is 23.4. The van der Waals surface area contributed by atoms with E-state index in [9.17, 15) is 14.4 Å². The van der Waals surface area contributed by atoms with Crippen LogP contribution in [0.4, 0.5) is 4.79 Å². The van der Waals surface area contributed by atoms with Crippen LogP contribution in [0.2, 0.25) is 0 Å². The molecule has 3 saturated heterocycles. The van der Waals surface area contributed by atoms with E-state index in [-0.39, 0.29) is 17.9 Å². The second-order valence-corrected chi connectivity index (χ2v) is 10.7. The third-order valence-electron chi connectivity index (χ3n) is 6.79. The maximum absolute atomic E-state index is 13.5. The van der Waals surface area contributed by atoms with Crippen molar-refractivity contribution in [3.05, 3.63) is 30.1 Å². The quantitative estimate of drug-likeness (QED) is 0.653. The fourth-order valence-corrected chi connectivity index (χ4v) is 5.24. The van der Waals surface area contributed by atoms with Gasteiger partial charge in [0.2, 0.25) is 11.8 Å². The summed E-state index contributed by atoms with van der Waals surface area (Å²) in [6.07, 6.45) is 7.34. The fraction of sp³-hybridized carbons (Fsp3) is 0.640. The van der Waals surface area contributed by atoms with E-state index in [0.29, 0.717) is 37.8 Å². The van der Waals surface area contributed by atoms with Crippen LogP contribution in [0.3, 0.4) is 0 Å². The van der Waals surface area contributed by atoms with Crippen molar-refractivity contribution in [2.24, 2.45) is 16.8 Å². The van der Waals surface area contributed by atoms with Crippen LogP contribution in [0.1, 0.15) is 64.9 Å². The third-order valence-corrected chi connectivity index (χ3v) is 6.79. The largest absolute Gasteiger partial charge is 0.442 e. The Hall–Kier alpha value is -2.77. The molecule has 0 radical (unpaired) electrons. The van der Waals surface area contributed by atoms with E-state index < -0.39 is 23.7 Å². The highest BCUT2D eigenvalue weighted by molar-refractivity contribution is 5.99.